The minimum absolute atomic E-state index is 0.0269. The second-order valence-electron chi connectivity index (χ2n) is 5.51. The Morgan fingerprint density at radius 1 is 1.04 bits per heavy atom. The smallest absolute Gasteiger partial charge is 0.335 e. The molecule has 4 rings (SSSR count). The number of nitrogens with zero attached hydrogens (tertiary/aromatic N) is 4. The number of aromatic carboxylic acids is 1. The first-order valence-electron chi connectivity index (χ1n) is 7.74. The summed E-state index contributed by atoms with van der Waals surface area (Å²) in [7, 11) is 0. The lowest BCUT2D eigenvalue weighted by molar-refractivity contribution is 0.0696. The van der Waals surface area contributed by atoms with Gasteiger partial charge in [-0.25, -0.2) is 9.78 Å². The van der Waals surface area contributed by atoms with Crippen LogP contribution in [0.15, 0.2) is 48.5 Å². The number of hydrogen-bond donors (Lipinski definition) is 3. The van der Waals surface area contributed by atoms with Gasteiger partial charge in [-0.2, -0.15) is 9.67 Å². The average molecular weight is 380 g/mol. The lowest BCUT2D eigenvalue weighted by Crippen LogP contribution is -2.13. The van der Waals surface area contributed by atoms with E-state index >= 15 is 0 Å². The monoisotopic (exact) mass is 380 g/mol. The highest BCUT2D eigenvalue weighted by Crippen LogP contribution is 2.25. The minimum Gasteiger partial charge on any atom is -0.478 e. The van der Waals surface area contributed by atoms with Crippen molar-refractivity contribution in [2.75, 3.05) is 11.1 Å². The maximum Gasteiger partial charge on any atom is 0.335 e. The van der Waals surface area contributed by atoms with Gasteiger partial charge in [0.25, 0.3) is 11.9 Å². The zero-order valence-electron chi connectivity index (χ0n) is 13.7. The molecule has 0 fully saturated rings. The van der Waals surface area contributed by atoms with Gasteiger partial charge in [-0.05, 0) is 36.4 Å². The van der Waals surface area contributed by atoms with Crippen molar-refractivity contribution < 1.29 is 14.7 Å². The third-order valence-electron chi connectivity index (χ3n) is 3.72. The summed E-state index contributed by atoms with van der Waals surface area (Å²) in [5.41, 5.74) is 7.08. The summed E-state index contributed by atoms with van der Waals surface area (Å²) in [4.78, 5) is 31.7. The molecule has 0 unspecified atom stereocenters. The Hall–Kier alpha value is -3.79. The van der Waals surface area contributed by atoms with Gasteiger partial charge < -0.3 is 10.8 Å². The zero-order chi connectivity index (χ0) is 19.0. The van der Waals surface area contributed by atoms with Gasteiger partial charge in [0.15, 0.2) is 0 Å². The Labute approximate surface area is 156 Å². The van der Waals surface area contributed by atoms with Crippen LogP contribution in [0, 0.1) is 0 Å². The van der Waals surface area contributed by atoms with Gasteiger partial charge in [0, 0.05) is 5.56 Å². The fourth-order valence-electron chi connectivity index (χ4n) is 2.41. The number of para-hydroxylation sites is 1. The number of nitrogen functional groups attached to an aromatic ring is 1. The number of carboxylic acid groups (broad SMARTS) is 1. The van der Waals surface area contributed by atoms with E-state index in [1.165, 1.54) is 40.3 Å². The van der Waals surface area contributed by atoms with E-state index in [9.17, 15) is 9.59 Å². The Balaban J connectivity index is 1.57. The molecule has 0 aliphatic carbocycles. The second-order valence-corrected chi connectivity index (χ2v) is 6.52. The standard InChI is InChI=1S/C17H12N6O3S/c18-15-21-16(20-13(24)9-5-7-10(8-6-9)14(25)26)22-23(15)17-19-11-3-1-2-4-12(11)27-17/h1-8H,(H,25,26)(H3,18,20,21,22,24). The summed E-state index contributed by atoms with van der Waals surface area (Å²) in [6.07, 6.45) is 0. The van der Waals surface area contributed by atoms with Crippen LogP contribution in [0.3, 0.4) is 0 Å². The summed E-state index contributed by atoms with van der Waals surface area (Å²) in [5, 5.41) is 16.2. The largest absolute Gasteiger partial charge is 0.478 e. The molecule has 9 nitrogen and oxygen atoms in total. The number of thiazole rings is 1. The van der Waals surface area contributed by atoms with E-state index in [0.717, 1.165) is 10.2 Å². The van der Waals surface area contributed by atoms with E-state index in [2.05, 4.69) is 20.4 Å². The van der Waals surface area contributed by atoms with E-state index in [0.29, 0.717) is 5.13 Å². The molecule has 4 N–H and O–H groups in total. The van der Waals surface area contributed by atoms with Gasteiger partial charge in [-0.15, -0.1) is 5.10 Å². The second kappa shape index (κ2) is 6.50. The number of amides is 1. The van der Waals surface area contributed by atoms with E-state index in [4.69, 9.17) is 10.8 Å². The first-order valence-corrected chi connectivity index (χ1v) is 8.56. The summed E-state index contributed by atoms with van der Waals surface area (Å²) in [6, 6.07) is 13.1. The van der Waals surface area contributed by atoms with Gasteiger partial charge >= 0.3 is 5.97 Å². The van der Waals surface area contributed by atoms with Crippen LogP contribution >= 0.6 is 11.3 Å². The van der Waals surface area contributed by atoms with Crippen LogP contribution in [0.5, 0.6) is 0 Å². The molecular formula is C17H12N6O3S. The van der Waals surface area contributed by atoms with E-state index in [1.807, 2.05) is 24.3 Å². The van der Waals surface area contributed by atoms with Gasteiger partial charge in [0.1, 0.15) is 0 Å². The van der Waals surface area contributed by atoms with Gasteiger partial charge in [0.05, 0.1) is 15.8 Å². The summed E-state index contributed by atoms with van der Waals surface area (Å²) < 4.78 is 2.33. The van der Waals surface area contributed by atoms with Crippen LogP contribution < -0.4 is 11.1 Å². The SMILES string of the molecule is Nc1nc(NC(=O)c2ccc(C(=O)O)cc2)nn1-c1nc2ccccc2s1. The molecule has 0 saturated carbocycles. The molecule has 0 atom stereocenters. The Morgan fingerprint density at radius 2 is 1.74 bits per heavy atom. The molecule has 0 radical (unpaired) electrons. The van der Waals surface area contributed by atoms with Crippen molar-refractivity contribution in [1.29, 1.82) is 0 Å². The van der Waals surface area contributed by atoms with Crippen molar-refractivity contribution in [3.8, 4) is 5.13 Å². The molecule has 0 aliphatic rings. The predicted molar refractivity (Wildman–Crippen MR) is 100 cm³/mol. The molecule has 0 aliphatic heterocycles. The number of fused-ring (bicyclic) bond motifs is 1. The lowest BCUT2D eigenvalue weighted by atomic mass is 10.1. The lowest BCUT2D eigenvalue weighted by Gasteiger charge is -2.01. The molecule has 1 amide bonds. The van der Waals surface area contributed by atoms with Crippen LogP contribution in [0.1, 0.15) is 20.7 Å². The molecule has 2 aromatic heterocycles. The first-order chi connectivity index (χ1) is 13.0. The third-order valence-corrected chi connectivity index (χ3v) is 4.73. The number of aromatic nitrogens is 4. The van der Waals surface area contributed by atoms with Crippen molar-refractivity contribution in [3.05, 3.63) is 59.7 Å². The van der Waals surface area contributed by atoms with Crippen molar-refractivity contribution >= 4 is 45.3 Å². The Morgan fingerprint density at radius 3 is 2.44 bits per heavy atom. The first kappa shape index (κ1) is 16.7. The number of carbonyl (C=O) groups is 2. The van der Waals surface area contributed by atoms with Gasteiger partial charge in [0.2, 0.25) is 11.1 Å². The van der Waals surface area contributed by atoms with Gasteiger partial charge in [-0.1, -0.05) is 23.5 Å². The molecule has 0 spiro atoms. The number of carbonyl (C=O) groups excluding carboxylic acids is 1. The molecule has 2 heterocycles. The van der Waals surface area contributed by atoms with Crippen LogP contribution in [0.2, 0.25) is 0 Å². The van der Waals surface area contributed by atoms with Crippen LogP contribution in [-0.2, 0) is 0 Å². The van der Waals surface area contributed by atoms with Crippen LogP contribution in [0.4, 0.5) is 11.9 Å². The number of nitrogens with two attached hydrogens (primary N) is 1. The maximum absolute atomic E-state index is 12.3. The van der Waals surface area contributed by atoms with Crippen molar-refractivity contribution in [3.63, 3.8) is 0 Å². The van der Waals surface area contributed by atoms with Crippen LogP contribution in [0.25, 0.3) is 15.3 Å². The minimum atomic E-state index is -1.06. The molecule has 134 valence electrons. The molecule has 4 aromatic rings. The fourth-order valence-corrected chi connectivity index (χ4v) is 3.33. The topological polar surface area (TPSA) is 136 Å². The Kier molecular flexibility index (Phi) is 4.01. The summed E-state index contributed by atoms with van der Waals surface area (Å²) in [5.74, 6) is -1.43. The van der Waals surface area contributed by atoms with E-state index < -0.39 is 11.9 Å². The number of nitrogens with one attached hydrogen (secondary N) is 1. The highest BCUT2D eigenvalue weighted by Gasteiger charge is 2.16. The van der Waals surface area contributed by atoms with Gasteiger partial charge in [-0.3, -0.25) is 10.1 Å². The van der Waals surface area contributed by atoms with Crippen molar-refractivity contribution in [2.45, 2.75) is 0 Å². The highest BCUT2D eigenvalue weighted by atomic mass is 32.1. The zero-order valence-corrected chi connectivity index (χ0v) is 14.5. The average Bonchev–Trinajstić information content (AvgIpc) is 3.24. The molecular weight excluding hydrogens is 368 g/mol. The van der Waals surface area contributed by atoms with Crippen LogP contribution in [-0.4, -0.2) is 36.7 Å². The van der Waals surface area contributed by atoms with Crippen molar-refractivity contribution in [2.24, 2.45) is 0 Å². The summed E-state index contributed by atoms with van der Waals surface area (Å²) >= 11 is 1.40. The fraction of sp³-hybridized carbons (Fsp3) is 0. The Bertz CT molecular complexity index is 1130. The van der Waals surface area contributed by atoms with E-state index in [1.54, 1.807) is 0 Å². The molecule has 27 heavy (non-hydrogen) atoms. The maximum atomic E-state index is 12.3. The van der Waals surface area contributed by atoms with E-state index in [-0.39, 0.29) is 23.0 Å². The third kappa shape index (κ3) is 3.20. The molecule has 2 aromatic carbocycles. The quantitative estimate of drug-likeness (QED) is 0.494. The number of rotatable bonds is 4. The highest BCUT2D eigenvalue weighted by molar-refractivity contribution is 7.20. The summed E-state index contributed by atoms with van der Waals surface area (Å²) in [6.45, 7) is 0. The number of carboxylic acids is 1. The normalized spacial score (nSPS) is 10.8. The molecule has 0 saturated heterocycles. The van der Waals surface area contributed by atoms with Crippen molar-refractivity contribution in [1.82, 2.24) is 19.7 Å². The number of anilines is 2. The predicted octanol–water partition coefficient (Wildman–Crippen LogP) is 2.41. The molecule has 0 bridgehead atoms. The number of benzene rings is 2. The number of hydrogen-bond acceptors (Lipinski definition) is 7. The molecule has 10 heteroatoms.